The number of nitrogens with zero attached hydrogens (tertiary/aromatic N) is 1. The fraction of sp³-hybridized carbons (Fsp3) is 0.273. The molecule has 0 spiro atoms. The minimum atomic E-state index is -0.631. The number of urea groups is 1. The minimum Gasteiger partial charge on any atom is -0.350 e. The van der Waals surface area contributed by atoms with Crippen molar-refractivity contribution in [1.29, 1.82) is 0 Å². The van der Waals surface area contributed by atoms with Gasteiger partial charge in [0.2, 0.25) is 0 Å². The first kappa shape index (κ1) is 11.2. The van der Waals surface area contributed by atoms with E-state index in [9.17, 15) is 4.79 Å². The van der Waals surface area contributed by atoms with E-state index in [2.05, 4.69) is 10.5 Å². The number of carbonyl (C=O) groups is 1. The Morgan fingerprint density at radius 1 is 1.40 bits per heavy atom. The van der Waals surface area contributed by atoms with Crippen LogP contribution in [0.4, 0.5) is 4.79 Å². The Bertz CT molecular complexity index is 346. The first-order valence-electron chi connectivity index (χ1n) is 4.87. The molecule has 0 aliphatic carbocycles. The molecule has 0 aromatic heterocycles. The predicted octanol–water partition coefficient (Wildman–Crippen LogP) is 1.66. The van der Waals surface area contributed by atoms with Gasteiger partial charge in [0.1, 0.15) is 0 Å². The van der Waals surface area contributed by atoms with Gasteiger partial charge in [0, 0.05) is 12.1 Å². The number of benzene rings is 1. The quantitative estimate of drug-likeness (QED) is 0.569. The van der Waals surface area contributed by atoms with Gasteiger partial charge in [-0.25, -0.2) is 10.2 Å². The lowest BCUT2D eigenvalue weighted by Crippen LogP contribution is -2.26. The number of hydrogen-bond donors (Lipinski definition) is 2. The third kappa shape index (κ3) is 4.26. The summed E-state index contributed by atoms with van der Waals surface area (Å²) in [5.41, 5.74) is 9.25. The third-order valence-electron chi connectivity index (χ3n) is 1.98. The first-order valence-corrected chi connectivity index (χ1v) is 4.87. The van der Waals surface area contributed by atoms with Crippen LogP contribution in [0, 0.1) is 0 Å². The van der Waals surface area contributed by atoms with Crippen LogP contribution in [0.1, 0.15) is 18.9 Å². The van der Waals surface area contributed by atoms with Crippen molar-refractivity contribution in [3.8, 4) is 0 Å². The van der Waals surface area contributed by atoms with E-state index in [1.807, 2.05) is 37.3 Å². The number of nitrogens with two attached hydrogens (primary N) is 1. The molecule has 0 aliphatic rings. The SMILES string of the molecule is CC/C(Cc1ccccc1)=N/NC(N)=O. The highest BCUT2D eigenvalue weighted by Gasteiger charge is 1.99. The van der Waals surface area contributed by atoms with Crippen molar-refractivity contribution in [1.82, 2.24) is 5.43 Å². The third-order valence-corrected chi connectivity index (χ3v) is 1.98. The van der Waals surface area contributed by atoms with E-state index in [-0.39, 0.29) is 0 Å². The Morgan fingerprint density at radius 2 is 2.07 bits per heavy atom. The fourth-order valence-electron chi connectivity index (χ4n) is 1.21. The normalized spacial score (nSPS) is 11.1. The van der Waals surface area contributed by atoms with Gasteiger partial charge in [-0.3, -0.25) is 0 Å². The molecule has 3 N–H and O–H groups in total. The van der Waals surface area contributed by atoms with E-state index < -0.39 is 6.03 Å². The summed E-state index contributed by atoms with van der Waals surface area (Å²) in [6.45, 7) is 1.99. The van der Waals surface area contributed by atoms with Crippen molar-refractivity contribution >= 4 is 11.7 Å². The first-order chi connectivity index (χ1) is 7.22. The average Bonchev–Trinajstić information content (AvgIpc) is 2.25. The fourth-order valence-corrected chi connectivity index (χ4v) is 1.21. The van der Waals surface area contributed by atoms with Crippen molar-refractivity contribution in [3.63, 3.8) is 0 Å². The van der Waals surface area contributed by atoms with E-state index in [0.29, 0.717) is 0 Å². The van der Waals surface area contributed by atoms with Crippen LogP contribution in [-0.4, -0.2) is 11.7 Å². The molecule has 1 aromatic carbocycles. The highest BCUT2D eigenvalue weighted by molar-refractivity contribution is 5.87. The van der Waals surface area contributed by atoms with Crippen LogP contribution in [0.2, 0.25) is 0 Å². The number of hydrazone groups is 1. The van der Waals surface area contributed by atoms with E-state index in [1.54, 1.807) is 0 Å². The Kier molecular flexibility index (Phi) is 4.34. The van der Waals surface area contributed by atoms with Gasteiger partial charge in [-0.05, 0) is 12.0 Å². The van der Waals surface area contributed by atoms with Gasteiger partial charge in [-0.1, -0.05) is 37.3 Å². The van der Waals surface area contributed by atoms with Crippen LogP contribution >= 0.6 is 0 Å². The van der Waals surface area contributed by atoms with Crippen molar-refractivity contribution in [2.45, 2.75) is 19.8 Å². The molecule has 2 amide bonds. The smallest absolute Gasteiger partial charge is 0.332 e. The van der Waals surface area contributed by atoms with Crippen LogP contribution in [0.15, 0.2) is 35.4 Å². The summed E-state index contributed by atoms with van der Waals surface area (Å²) in [5.74, 6) is 0. The predicted molar refractivity (Wildman–Crippen MR) is 60.6 cm³/mol. The van der Waals surface area contributed by atoms with Gasteiger partial charge in [-0.2, -0.15) is 5.10 Å². The molecular formula is C11H15N3O. The molecule has 0 radical (unpaired) electrons. The summed E-state index contributed by atoms with van der Waals surface area (Å²) < 4.78 is 0. The number of amides is 2. The molecule has 80 valence electrons. The lowest BCUT2D eigenvalue weighted by molar-refractivity contribution is 0.249. The molecule has 0 heterocycles. The Balaban J connectivity index is 2.61. The average molecular weight is 205 g/mol. The molecular weight excluding hydrogens is 190 g/mol. The summed E-state index contributed by atoms with van der Waals surface area (Å²) >= 11 is 0. The molecule has 1 rings (SSSR count). The summed E-state index contributed by atoms with van der Waals surface area (Å²) in [6, 6.07) is 9.33. The number of carbonyl (C=O) groups excluding carboxylic acids is 1. The summed E-state index contributed by atoms with van der Waals surface area (Å²) in [5, 5.41) is 3.93. The maximum Gasteiger partial charge on any atom is 0.332 e. The molecule has 0 unspecified atom stereocenters. The van der Waals surface area contributed by atoms with Crippen molar-refractivity contribution in [2.24, 2.45) is 10.8 Å². The Labute approximate surface area is 89.2 Å². The van der Waals surface area contributed by atoms with Crippen LogP contribution < -0.4 is 11.2 Å². The molecule has 4 nitrogen and oxygen atoms in total. The molecule has 15 heavy (non-hydrogen) atoms. The van der Waals surface area contributed by atoms with Crippen LogP contribution in [-0.2, 0) is 6.42 Å². The van der Waals surface area contributed by atoms with Crippen LogP contribution in [0.5, 0.6) is 0 Å². The number of primary amides is 1. The zero-order valence-electron chi connectivity index (χ0n) is 8.73. The zero-order chi connectivity index (χ0) is 11.1. The molecule has 0 saturated heterocycles. The molecule has 0 saturated carbocycles. The monoisotopic (exact) mass is 205 g/mol. The molecule has 0 fully saturated rings. The van der Waals surface area contributed by atoms with Crippen molar-refractivity contribution in [3.05, 3.63) is 35.9 Å². The topological polar surface area (TPSA) is 67.5 Å². The lowest BCUT2D eigenvalue weighted by atomic mass is 10.1. The molecule has 0 atom stereocenters. The summed E-state index contributed by atoms with van der Waals surface area (Å²) in [7, 11) is 0. The van der Waals surface area contributed by atoms with Crippen molar-refractivity contribution < 1.29 is 4.79 Å². The Morgan fingerprint density at radius 3 is 2.60 bits per heavy atom. The number of rotatable bonds is 4. The van der Waals surface area contributed by atoms with Gasteiger partial charge < -0.3 is 5.73 Å². The van der Waals surface area contributed by atoms with Gasteiger partial charge in [-0.15, -0.1) is 0 Å². The van der Waals surface area contributed by atoms with E-state index in [1.165, 1.54) is 5.56 Å². The second kappa shape index (κ2) is 5.80. The Hall–Kier alpha value is -1.84. The maximum absolute atomic E-state index is 10.5. The van der Waals surface area contributed by atoms with E-state index in [4.69, 9.17) is 5.73 Å². The largest absolute Gasteiger partial charge is 0.350 e. The molecule has 1 aromatic rings. The van der Waals surface area contributed by atoms with Gasteiger partial charge >= 0.3 is 6.03 Å². The number of nitrogens with one attached hydrogen (secondary N) is 1. The van der Waals surface area contributed by atoms with E-state index >= 15 is 0 Å². The minimum absolute atomic E-state index is 0.631. The van der Waals surface area contributed by atoms with Gasteiger partial charge in [0.05, 0.1) is 0 Å². The summed E-state index contributed by atoms with van der Waals surface area (Å²) in [4.78, 5) is 10.5. The zero-order valence-corrected chi connectivity index (χ0v) is 8.73. The van der Waals surface area contributed by atoms with Crippen molar-refractivity contribution in [2.75, 3.05) is 0 Å². The van der Waals surface area contributed by atoms with Gasteiger partial charge in [0.25, 0.3) is 0 Å². The van der Waals surface area contributed by atoms with E-state index in [0.717, 1.165) is 18.6 Å². The second-order valence-electron chi connectivity index (χ2n) is 3.17. The highest BCUT2D eigenvalue weighted by Crippen LogP contribution is 2.02. The number of hydrogen-bond acceptors (Lipinski definition) is 2. The maximum atomic E-state index is 10.5. The van der Waals surface area contributed by atoms with Crippen LogP contribution in [0.25, 0.3) is 0 Å². The second-order valence-corrected chi connectivity index (χ2v) is 3.17. The molecule has 0 bridgehead atoms. The molecule has 0 aliphatic heterocycles. The standard InChI is InChI=1S/C11H15N3O/c1-2-10(13-14-11(12)15)8-9-6-4-3-5-7-9/h3-7H,2,8H2,1H3,(H3,12,14,15)/b13-10-. The lowest BCUT2D eigenvalue weighted by Gasteiger charge is -2.03. The molecule has 4 heteroatoms. The highest BCUT2D eigenvalue weighted by atomic mass is 16.2. The summed E-state index contributed by atoms with van der Waals surface area (Å²) in [6.07, 6.45) is 1.52. The van der Waals surface area contributed by atoms with Crippen LogP contribution in [0.3, 0.4) is 0 Å². The van der Waals surface area contributed by atoms with Gasteiger partial charge in [0.15, 0.2) is 0 Å².